The normalized spacial score (nSPS) is 17.4. The topological polar surface area (TPSA) is 38.0 Å². The van der Waals surface area contributed by atoms with Crippen LogP contribution >= 0.6 is 23.2 Å². The van der Waals surface area contributed by atoms with Gasteiger partial charge in [0.25, 0.3) is 0 Å². The number of benzene rings is 1. The Hall–Kier alpha value is -0.280. The molecule has 0 aromatic heterocycles. The van der Waals surface area contributed by atoms with Crippen LogP contribution in [-0.2, 0) is 0 Å². The van der Waals surface area contributed by atoms with Crippen LogP contribution < -0.4 is 11.3 Å². The summed E-state index contributed by atoms with van der Waals surface area (Å²) in [6.07, 6.45) is 5.03. The van der Waals surface area contributed by atoms with Gasteiger partial charge in [-0.25, -0.2) is 0 Å². The molecule has 0 saturated heterocycles. The molecule has 4 heteroatoms. The monoisotopic (exact) mass is 258 g/mol. The van der Waals surface area contributed by atoms with E-state index in [4.69, 9.17) is 29.0 Å². The molecule has 1 aromatic rings. The molecule has 16 heavy (non-hydrogen) atoms. The summed E-state index contributed by atoms with van der Waals surface area (Å²) < 4.78 is 0. The van der Waals surface area contributed by atoms with Crippen LogP contribution in [0.2, 0.25) is 10.0 Å². The van der Waals surface area contributed by atoms with Gasteiger partial charge in [-0.1, -0.05) is 42.1 Å². The van der Waals surface area contributed by atoms with Gasteiger partial charge < -0.3 is 0 Å². The highest BCUT2D eigenvalue weighted by Gasteiger charge is 2.22. The van der Waals surface area contributed by atoms with Gasteiger partial charge in [0.15, 0.2) is 0 Å². The van der Waals surface area contributed by atoms with E-state index in [9.17, 15) is 0 Å². The molecule has 1 fully saturated rings. The lowest BCUT2D eigenvalue weighted by Crippen LogP contribution is -2.28. The van der Waals surface area contributed by atoms with E-state index in [1.54, 1.807) is 0 Å². The zero-order valence-corrected chi connectivity index (χ0v) is 10.6. The molecule has 0 heterocycles. The number of nitrogens with two attached hydrogens (primary N) is 1. The van der Waals surface area contributed by atoms with Crippen molar-refractivity contribution < 1.29 is 0 Å². The SMILES string of the molecule is NNC(CCC1CC1)c1ccc(Cl)c(Cl)c1. The minimum absolute atomic E-state index is 0.176. The van der Waals surface area contributed by atoms with E-state index in [1.807, 2.05) is 18.2 Å². The fourth-order valence-electron chi connectivity index (χ4n) is 1.88. The van der Waals surface area contributed by atoms with Gasteiger partial charge >= 0.3 is 0 Å². The summed E-state index contributed by atoms with van der Waals surface area (Å²) in [7, 11) is 0. The molecule has 1 aromatic carbocycles. The minimum Gasteiger partial charge on any atom is -0.271 e. The first kappa shape index (κ1) is 12.2. The average molecular weight is 259 g/mol. The maximum Gasteiger partial charge on any atom is 0.0595 e. The standard InChI is InChI=1S/C12H16Cl2N2/c13-10-5-4-9(7-11(10)14)12(16-15)6-3-8-1-2-8/h4-5,7-8,12,16H,1-3,6,15H2. The Morgan fingerprint density at radius 1 is 1.31 bits per heavy atom. The fraction of sp³-hybridized carbons (Fsp3) is 0.500. The van der Waals surface area contributed by atoms with Crippen molar-refractivity contribution in [1.82, 2.24) is 5.43 Å². The molecule has 0 bridgehead atoms. The third kappa shape index (κ3) is 3.11. The van der Waals surface area contributed by atoms with E-state index in [1.165, 1.54) is 19.3 Å². The molecule has 1 atom stereocenters. The fourth-order valence-corrected chi connectivity index (χ4v) is 2.19. The van der Waals surface area contributed by atoms with Crippen molar-refractivity contribution in [1.29, 1.82) is 0 Å². The van der Waals surface area contributed by atoms with Crippen LogP contribution in [0.25, 0.3) is 0 Å². The van der Waals surface area contributed by atoms with Gasteiger partial charge in [0, 0.05) is 6.04 Å². The summed E-state index contributed by atoms with van der Waals surface area (Å²) in [6, 6.07) is 5.86. The van der Waals surface area contributed by atoms with Crippen molar-refractivity contribution in [2.75, 3.05) is 0 Å². The van der Waals surface area contributed by atoms with Gasteiger partial charge in [-0.2, -0.15) is 0 Å². The second-order valence-corrected chi connectivity index (χ2v) is 5.23. The molecule has 0 radical (unpaired) electrons. The number of halogens is 2. The molecular formula is C12H16Cl2N2. The molecule has 0 spiro atoms. The Morgan fingerprint density at radius 2 is 2.06 bits per heavy atom. The summed E-state index contributed by atoms with van der Waals surface area (Å²) in [5.41, 5.74) is 3.96. The van der Waals surface area contributed by atoms with E-state index >= 15 is 0 Å². The molecule has 0 amide bonds. The van der Waals surface area contributed by atoms with Gasteiger partial charge in [0.05, 0.1) is 10.0 Å². The highest BCUT2D eigenvalue weighted by Crippen LogP contribution is 2.36. The Morgan fingerprint density at radius 3 is 2.62 bits per heavy atom. The number of hydrazine groups is 1. The van der Waals surface area contributed by atoms with Crippen molar-refractivity contribution in [3.63, 3.8) is 0 Å². The first-order chi connectivity index (χ1) is 7.70. The van der Waals surface area contributed by atoms with Crippen LogP contribution in [0, 0.1) is 5.92 Å². The molecule has 2 rings (SSSR count). The van der Waals surface area contributed by atoms with Crippen LogP contribution in [0.1, 0.15) is 37.3 Å². The lowest BCUT2D eigenvalue weighted by atomic mass is 10.0. The summed E-state index contributed by atoms with van der Waals surface area (Å²) in [5.74, 6) is 6.49. The maximum atomic E-state index is 5.99. The van der Waals surface area contributed by atoms with Crippen molar-refractivity contribution in [3.8, 4) is 0 Å². The second-order valence-electron chi connectivity index (χ2n) is 4.41. The summed E-state index contributed by atoms with van der Waals surface area (Å²) in [5, 5.41) is 1.18. The van der Waals surface area contributed by atoms with Crippen LogP contribution in [0.4, 0.5) is 0 Å². The van der Waals surface area contributed by atoms with E-state index in [2.05, 4.69) is 5.43 Å². The highest BCUT2D eigenvalue weighted by molar-refractivity contribution is 6.42. The van der Waals surface area contributed by atoms with Gasteiger partial charge in [0.2, 0.25) is 0 Å². The first-order valence-electron chi connectivity index (χ1n) is 5.62. The third-order valence-corrected chi connectivity index (χ3v) is 3.85. The van der Waals surface area contributed by atoms with Crippen LogP contribution in [0.15, 0.2) is 18.2 Å². The second kappa shape index (κ2) is 5.37. The summed E-state index contributed by atoms with van der Waals surface area (Å²) >= 11 is 11.9. The first-order valence-corrected chi connectivity index (χ1v) is 6.37. The Balaban J connectivity index is 2.02. The molecular weight excluding hydrogens is 243 g/mol. The lowest BCUT2D eigenvalue weighted by molar-refractivity contribution is 0.482. The molecule has 1 aliphatic rings. The molecule has 1 aliphatic carbocycles. The van der Waals surface area contributed by atoms with Gasteiger partial charge in [-0.15, -0.1) is 0 Å². The quantitative estimate of drug-likeness (QED) is 0.625. The van der Waals surface area contributed by atoms with Crippen molar-refractivity contribution >= 4 is 23.2 Å². The predicted octanol–water partition coefficient (Wildman–Crippen LogP) is 3.69. The maximum absolute atomic E-state index is 5.99. The third-order valence-electron chi connectivity index (χ3n) is 3.11. The molecule has 1 unspecified atom stereocenters. The largest absolute Gasteiger partial charge is 0.271 e. The smallest absolute Gasteiger partial charge is 0.0595 e. The van der Waals surface area contributed by atoms with E-state index in [-0.39, 0.29) is 6.04 Å². The number of nitrogens with one attached hydrogen (secondary N) is 1. The summed E-state index contributed by atoms with van der Waals surface area (Å²) in [6.45, 7) is 0. The summed E-state index contributed by atoms with van der Waals surface area (Å²) in [4.78, 5) is 0. The van der Waals surface area contributed by atoms with E-state index < -0.39 is 0 Å². The zero-order chi connectivity index (χ0) is 11.5. The van der Waals surface area contributed by atoms with E-state index in [0.29, 0.717) is 10.0 Å². The lowest BCUT2D eigenvalue weighted by Gasteiger charge is -2.16. The van der Waals surface area contributed by atoms with Gasteiger partial charge in [-0.05, 0) is 36.5 Å². The van der Waals surface area contributed by atoms with Crippen LogP contribution in [-0.4, -0.2) is 0 Å². The Labute approximate surface area is 106 Å². The zero-order valence-electron chi connectivity index (χ0n) is 9.05. The molecule has 2 nitrogen and oxygen atoms in total. The van der Waals surface area contributed by atoms with Crippen LogP contribution in [0.3, 0.4) is 0 Å². The minimum atomic E-state index is 0.176. The van der Waals surface area contributed by atoms with Crippen molar-refractivity contribution in [3.05, 3.63) is 33.8 Å². The number of hydrogen-bond donors (Lipinski definition) is 2. The Bertz CT molecular complexity index is 364. The van der Waals surface area contributed by atoms with Crippen LogP contribution in [0.5, 0.6) is 0 Å². The van der Waals surface area contributed by atoms with Crippen molar-refractivity contribution in [2.45, 2.75) is 31.7 Å². The average Bonchev–Trinajstić information content (AvgIpc) is 3.08. The van der Waals surface area contributed by atoms with E-state index in [0.717, 1.165) is 17.9 Å². The van der Waals surface area contributed by atoms with Crippen molar-refractivity contribution in [2.24, 2.45) is 11.8 Å². The van der Waals surface area contributed by atoms with Gasteiger partial charge in [0.1, 0.15) is 0 Å². The Kier molecular flexibility index (Phi) is 4.09. The molecule has 1 saturated carbocycles. The molecule has 3 N–H and O–H groups in total. The number of hydrogen-bond acceptors (Lipinski definition) is 2. The highest BCUT2D eigenvalue weighted by atomic mass is 35.5. The molecule has 88 valence electrons. The molecule has 0 aliphatic heterocycles. The number of rotatable bonds is 5. The predicted molar refractivity (Wildman–Crippen MR) is 68.5 cm³/mol. The van der Waals surface area contributed by atoms with Gasteiger partial charge in [-0.3, -0.25) is 11.3 Å².